The van der Waals surface area contributed by atoms with Crippen LogP contribution in [0, 0.1) is 17.1 Å². The Morgan fingerprint density at radius 1 is 1.56 bits per heavy atom. The van der Waals surface area contributed by atoms with Crippen molar-refractivity contribution >= 4 is 11.8 Å². The molecule has 1 N–H and O–H groups in total. The molecule has 18 heavy (non-hydrogen) atoms. The Morgan fingerprint density at radius 3 is 2.94 bits per heavy atom. The van der Waals surface area contributed by atoms with Crippen molar-refractivity contribution in [2.24, 2.45) is 0 Å². The molecular formula is C14H17FN2S. The molecule has 1 aromatic carbocycles. The van der Waals surface area contributed by atoms with Gasteiger partial charge in [-0.15, -0.1) is 11.8 Å². The minimum atomic E-state index is -0.457. The van der Waals surface area contributed by atoms with Gasteiger partial charge in [-0.2, -0.15) is 5.26 Å². The number of thioether (sulfide) groups is 1. The molecule has 4 heteroatoms. The topological polar surface area (TPSA) is 35.8 Å². The van der Waals surface area contributed by atoms with E-state index in [1.54, 1.807) is 17.8 Å². The summed E-state index contributed by atoms with van der Waals surface area (Å²) in [4.78, 5) is 0.918. The second-order valence-corrected chi connectivity index (χ2v) is 6.09. The molecule has 2 rings (SSSR count). The molecule has 1 atom stereocenters. The maximum atomic E-state index is 13.0. The first kappa shape index (κ1) is 13.4. The van der Waals surface area contributed by atoms with Gasteiger partial charge in [0.25, 0.3) is 0 Å². The fourth-order valence-corrected chi connectivity index (χ4v) is 2.89. The Hall–Kier alpha value is -1.05. The average molecular weight is 264 g/mol. The maximum absolute atomic E-state index is 13.0. The average Bonchev–Trinajstić information content (AvgIpc) is 3.13. The summed E-state index contributed by atoms with van der Waals surface area (Å²) < 4.78 is 13.0. The van der Waals surface area contributed by atoms with E-state index in [0.717, 1.165) is 17.1 Å². The highest BCUT2D eigenvalue weighted by Crippen LogP contribution is 2.26. The smallest absolute Gasteiger partial charge is 0.124 e. The van der Waals surface area contributed by atoms with Crippen LogP contribution in [0.2, 0.25) is 0 Å². The van der Waals surface area contributed by atoms with Gasteiger partial charge in [0, 0.05) is 16.7 Å². The first-order valence-corrected chi connectivity index (χ1v) is 7.17. The van der Waals surface area contributed by atoms with Crippen LogP contribution in [-0.4, -0.2) is 17.3 Å². The standard InChI is InChI=1S/C14H17FN2S/c1-14(10-16,17-12-5-6-12)7-8-18-13-4-2-3-11(15)9-13/h2-4,9,12,17H,5-8H2,1H3. The van der Waals surface area contributed by atoms with E-state index in [-0.39, 0.29) is 5.82 Å². The summed E-state index contributed by atoms with van der Waals surface area (Å²) in [7, 11) is 0. The number of halogens is 1. The van der Waals surface area contributed by atoms with Crippen molar-refractivity contribution < 1.29 is 4.39 Å². The maximum Gasteiger partial charge on any atom is 0.124 e. The molecule has 1 fully saturated rings. The molecule has 2 nitrogen and oxygen atoms in total. The Balaban J connectivity index is 1.81. The summed E-state index contributed by atoms with van der Waals surface area (Å²) in [5, 5.41) is 12.6. The molecule has 1 aliphatic rings. The molecule has 1 saturated carbocycles. The zero-order valence-electron chi connectivity index (χ0n) is 10.4. The minimum Gasteiger partial charge on any atom is -0.297 e. The predicted octanol–water partition coefficient (Wildman–Crippen LogP) is 3.34. The van der Waals surface area contributed by atoms with Gasteiger partial charge < -0.3 is 0 Å². The van der Waals surface area contributed by atoms with Gasteiger partial charge >= 0.3 is 0 Å². The zero-order valence-corrected chi connectivity index (χ0v) is 11.3. The summed E-state index contributed by atoms with van der Waals surface area (Å²) >= 11 is 1.59. The third-order valence-corrected chi connectivity index (χ3v) is 4.01. The van der Waals surface area contributed by atoms with E-state index in [0.29, 0.717) is 6.04 Å². The molecular weight excluding hydrogens is 247 g/mol. The van der Waals surface area contributed by atoms with Crippen molar-refractivity contribution in [2.45, 2.75) is 42.7 Å². The largest absolute Gasteiger partial charge is 0.297 e. The van der Waals surface area contributed by atoms with Crippen LogP contribution in [0.25, 0.3) is 0 Å². The van der Waals surface area contributed by atoms with Gasteiger partial charge in [-0.25, -0.2) is 4.39 Å². The lowest BCUT2D eigenvalue weighted by Gasteiger charge is -2.22. The van der Waals surface area contributed by atoms with E-state index in [2.05, 4.69) is 11.4 Å². The summed E-state index contributed by atoms with van der Waals surface area (Å²) in [6.07, 6.45) is 3.11. The Labute approximate surface area is 112 Å². The number of rotatable bonds is 6. The van der Waals surface area contributed by atoms with Crippen molar-refractivity contribution in [3.8, 4) is 6.07 Å². The Bertz CT molecular complexity index is 453. The van der Waals surface area contributed by atoms with Crippen LogP contribution < -0.4 is 5.32 Å². The van der Waals surface area contributed by atoms with Gasteiger partial charge in [-0.05, 0) is 44.4 Å². The van der Waals surface area contributed by atoms with E-state index in [1.807, 2.05) is 13.0 Å². The lowest BCUT2D eigenvalue weighted by Crippen LogP contribution is -2.42. The van der Waals surface area contributed by atoms with E-state index in [9.17, 15) is 9.65 Å². The monoisotopic (exact) mass is 264 g/mol. The van der Waals surface area contributed by atoms with E-state index < -0.39 is 5.54 Å². The van der Waals surface area contributed by atoms with Gasteiger partial charge in [0.1, 0.15) is 11.4 Å². The Kier molecular flexibility index (Phi) is 4.26. The van der Waals surface area contributed by atoms with Gasteiger partial charge in [0.15, 0.2) is 0 Å². The van der Waals surface area contributed by atoms with Crippen molar-refractivity contribution in [3.05, 3.63) is 30.1 Å². The van der Waals surface area contributed by atoms with Crippen LogP contribution in [0.3, 0.4) is 0 Å². The Morgan fingerprint density at radius 2 is 2.33 bits per heavy atom. The van der Waals surface area contributed by atoms with Crippen molar-refractivity contribution in [1.29, 1.82) is 5.26 Å². The number of benzene rings is 1. The number of hydrogen-bond acceptors (Lipinski definition) is 3. The molecule has 96 valence electrons. The lowest BCUT2D eigenvalue weighted by molar-refractivity contribution is 0.434. The third-order valence-electron chi connectivity index (χ3n) is 3.01. The molecule has 1 unspecified atom stereocenters. The number of nitriles is 1. The van der Waals surface area contributed by atoms with E-state index >= 15 is 0 Å². The first-order chi connectivity index (χ1) is 8.61. The molecule has 0 radical (unpaired) electrons. The molecule has 0 amide bonds. The zero-order chi connectivity index (χ0) is 13.0. The fourth-order valence-electron chi connectivity index (χ4n) is 1.77. The second-order valence-electron chi connectivity index (χ2n) is 4.92. The molecule has 0 aliphatic heterocycles. The highest BCUT2D eigenvalue weighted by molar-refractivity contribution is 7.99. The van der Waals surface area contributed by atoms with Crippen LogP contribution in [0.15, 0.2) is 29.2 Å². The van der Waals surface area contributed by atoms with Gasteiger partial charge in [-0.1, -0.05) is 6.07 Å². The summed E-state index contributed by atoms with van der Waals surface area (Å²) in [5.41, 5.74) is -0.457. The van der Waals surface area contributed by atoms with Crippen molar-refractivity contribution in [1.82, 2.24) is 5.32 Å². The van der Waals surface area contributed by atoms with E-state index in [1.165, 1.54) is 25.0 Å². The number of hydrogen-bond donors (Lipinski definition) is 1. The van der Waals surface area contributed by atoms with Gasteiger partial charge in [-0.3, -0.25) is 5.32 Å². The number of nitrogens with one attached hydrogen (secondary N) is 1. The second kappa shape index (κ2) is 5.73. The summed E-state index contributed by atoms with van der Waals surface area (Å²) in [6, 6.07) is 9.45. The first-order valence-electron chi connectivity index (χ1n) is 6.19. The minimum absolute atomic E-state index is 0.209. The normalized spacial score (nSPS) is 18.1. The van der Waals surface area contributed by atoms with Gasteiger partial charge in [0.2, 0.25) is 0 Å². The molecule has 1 aliphatic carbocycles. The lowest BCUT2D eigenvalue weighted by atomic mass is 10.0. The SMILES string of the molecule is CC(C#N)(CCSc1cccc(F)c1)NC1CC1. The molecule has 0 bridgehead atoms. The van der Waals surface area contributed by atoms with Crippen LogP contribution in [0.5, 0.6) is 0 Å². The molecule has 1 aromatic rings. The summed E-state index contributed by atoms with van der Waals surface area (Å²) in [5.74, 6) is 0.604. The van der Waals surface area contributed by atoms with Crippen molar-refractivity contribution in [2.75, 3.05) is 5.75 Å². The van der Waals surface area contributed by atoms with E-state index in [4.69, 9.17) is 0 Å². The third kappa shape index (κ3) is 4.01. The van der Waals surface area contributed by atoms with Gasteiger partial charge in [0.05, 0.1) is 6.07 Å². The van der Waals surface area contributed by atoms with Crippen LogP contribution in [0.1, 0.15) is 26.2 Å². The van der Waals surface area contributed by atoms with Crippen LogP contribution in [-0.2, 0) is 0 Å². The molecule has 0 heterocycles. The molecule has 0 spiro atoms. The van der Waals surface area contributed by atoms with Crippen LogP contribution in [0.4, 0.5) is 4.39 Å². The highest BCUT2D eigenvalue weighted by Gasteiger charge is 2.32. The molecule has 0 saturated heterocycles. The van der Waals surface area contributed by atoms with Crippen molar-refractivity contribution in [3.63, 3.8) is 0 Å². The summed E-state index contributed by atoms with van der Waals surface area (Å²) in [6.45, 7) is 1.94. The predicted molar refractivity (Wildman–Crippen MR) is 71.9 cm³/mol. The fraction of sp³-hybridized carbons (Fsp3) is 0.500. The highest BCUT2D eigenvalue weighted by atomic mass is 32.2. The molecule has 0 aromatic heterocycles. The van der Waals surface area contributed by atoms with Crippen LogP contribution >= 0.6 is 11.8 Å². The number of nitrogens with zero attached hydrogens (tertiary/aromatic N) is 1. The quantitative estimate of drug-likeness (QED) is 0.800.